The first-order chi connectivity index (χ1) is 9.15. The van der Waals surface area contributed by atoms with Crippen LogP contribution in [0.4, 0.5) is 0 Å². The van der Waals surface area contributed by atoms with Crippen molar-refractivity contribution in [2.45, 2.75) is 77.3 Å². The van der Waals surface area contributed by atoms with Gasteiger partial charge in [-0.15, -0.1) is 0 Å². The Morgan fingerprint density at radius 1 is 0.947 bits per heavy atom. The summed E-state index contributed by atoms with van der Waals surface area (Å²) in [5.74, 6) is 2.47. The summed E-state index contributed by atoms with van der Waals surface area (Å²) in [6, 6.07) is 1.56. The van der Waals surface area contributed by atoms with Crippen molar-refractivity contribution in [1.82, 2.24) is 4.90 Å². The summed E-state index contributed by atoms with van der Waals surface area (Å²) < 4.78 is 0. The quantitative estimate of drug-likeness (QED) is 0.841. The Morgan fingerprint density at radius 3 is 2.16 bits per heavy atom. The largest absolute Gasteiger partial charge is 0.330 e. The normalized spacial score (nSPS) is 36.9. The second-order valence-electron chi connectivity index (χ2n) is 7.27. The summed E-state index contributed by atoms with van der Waals surface area (Å²) in [5, 5.41) is 0. The molecule has 0 spiro atoms. The van der Waals surface area contributed by atoms with E-state index >= 15 is 0 Å². The molecule has 2 aliphatic rings. The monoisotopic (exact) mass is 266 g/mol. The number of nitrogens with two attached hydrogens (primary N) is 1. The van der Waals surface area contributed by atoms with Crippen LogP contribution in [-0.4, -0.2) is 30.6 Å². The fraction of sp³-hybridized carbons (Fsp3) is 1.00. The molecule has 2 saturated carbocycles. The van der Waals surface area contributed by atoms with Gasteiger partial charge in [0.05, 0.1) is 0 Å². The van der Waals surface area contributed by atoms with Crippen LogP contribution in [0.25, 0.3) is 0 Å². The lowest BCUT2D eigenvalue weighted by molar-refractivity contribution is 0.0289. The molecule has 0 aromatic rings. The molecule has 2 N–H and O–H groups in total. The second-order valence-corrected chi connectivity index (χ2v) is 7.27. The molecule has 0 aromatic heterocycles. The van der Waals surface area contributed by atoms with Crippen LogP contribution in [0.1, 0.15) is 65.2 Å². The number of hydrogen-bond donors (Lipinski definition) is 1. The highest BCUT2D eigenvalue weighted by atomic mass is 15.2. The van der Waals surface area contributed by atoms with E-state index in [9.17, 15) is 0 Å². The van der Waals surface area contributed by atoms with Gasteiger partial charge in [-0.3, -0.25) is 4.90 Å². The first kappa shape index (κ1) is 15.3. The van der Waals surface area contributed by atoms with Crippen molar-refractivity contribution in [3.63, 3.8) is 0 Å². The Labute approximate surface area is 120 Å². The molecule has 19 heavy (non-hydrogen) atoms. The van der Waals surface area contributed by atoms with Crippen molar-refractivity contribution in [1.29, 1.82) is 0 Å². The molecule has 0 aromatic carbocycles. The van der Waals surface area contributed by atoms with Crippen LogP contribution in [0, 0.1) is 17.8 Å². The molecule has 2 nitrogen and oxygen atoms in total. The molecule has 0 amide bonds. The van der Waals surface area contributed by atoms with Crippen LogP contribution in [0.5, 0.6) is 0 Å². The van der Waals surface area contributed by atoms with Crippen molar-refractivity contribution in [3.05, 3.63) is 0 Å². The zero-order valence-electron chi connectivity index (χ0n) is 13.3. The van der Waals surface area contributed by atoms with Crippen LogP contribution < -0.4 is 5.73 Å². The van der Waals surface area contributed by atoms with Crippen molar-refractivity contribution in [2.24, 2.45) is 23.5 Å². The van der Waals surface area contributed by atoms with Crippen LogP contribution in [-0.2, 0) is 0 Å². The zero-order valence-corrected chi connectivity index (χ0v) is 13.3. The number of nitrogens with zero attached hydrogens (tertiary/aromatic N) is 1. The molecule has 0 saturated heterocycles. The minimum Gasteiger partial charge on any atom is -0.330 e. The van der Waals surface area contributed by atoms with Gasteiger partial charge in [0.1, 0.15) is 0 Å². The van der Waals surface area contributed by atoms with Crippen molar-refractivity contribution >= 4 is 0 Å². The molecule has 2 heteroatoms. The van der Waals surface area contributed by atoms with Gasteiger partial charge in [-0.05, 0) is 57.0 Å². The van der Waals surface area contributed by atoms with Crippen molar-refractivity contribution in [2.75, 3.05) is 13.6 Å². The summed E-state index contributed by atoms with van der Waals surface area (Å²) in [6.45, 7) is 5.71. The van der Waals surface area contributed by atoms with Gasteiger partial charge in [0.25, 0.3) is 0 Å². The number of hydrogen-bond acceptors (Lipinski definition) is 2. The molecule has 0 heterocycles. The fourth-order valence-corrected chi connectivity index (χ4v) is 4.67. The highest BCUT2D eigenvalue weighted by molar-refractivity contribution is 4.90. The summed E-state index contributed by atoms with van der Waals surface area (Å²) >= 11 is 0. The summed E-state index contributed by atoms with van der Waals surface area (Å²) in [4.78, 5) is 2.75. The molecule has 0 bridgehead atoms. The third-order valence-corrected chi connectivity index (χ3v) is 5.86. The van der Waals surface area contributed by atoms with Crippen molar-refractivity contribution in [3.8, 4) is 0 Å². The maximum absolute atomic E-state index is 6.03. The molecular formula is C17H34N2. The van der Waals surface area contributed by atoms with E-state index in [-0.39, 0.29) is 0 Å². The van der Waals surface area contributed by atoms with Gasteiger partial charge in [0.2, 0.25) is 0 Å². The average Bonchev–Trinajstić information content (AvgIpc) is 2.46. The predicted octanol–water partition coefficient (Wildman–Crippen LogP) is 3.65. The van der Waals surface area contributed by atoms with Gasteiger partial charge in [-0.2, -0.15) is 0 Å². The van der Waals surface area contributed by atoms with Crippen molar-refractivity contribution < 1.29 is 0 Å². The standard InChI is InChI=1S/C17H34N2/c1-13(2)15-9-5-7-11-17(15)19(3)16-10-6-4-8-14(16)12-18/h13-17H,4-12,18H2,1-3H3. The van der Waals surface area contributed by atoms with E-state index < -0.39 is 0 Å². The molecule has 112 valence electrons. The lowest BCUT2D eigenvalue weighted by atomic mass is 9.75. The minimum atomic E-state index is 0.744. The smallest absolute Gasteiger partial charge is 0.0136 e. The van der Waals surface area contributed by atoms with E-state index in [0.717, 1.165) is 36.4 Å². The molecule has 4 unspecified atom stereocenters. The molecule has 0 aliphatic heterocycles. The van der Waals surface area contributed by atoms with E-state index in [2.05, 4.69) is 25.8 Å². The minimum absolute atomic E-state index is 0.744. The summed E-state index contributed by atoms with van der Waals surface area (Å²) in [7, 11) is 2.39. The third-order valence-electron chi connectivity index (χ3n) is 5.86. The van der Waals surface area contributed by atoms with E-state index in [1.165, 1.54) is 51.4 Å². The first-order valence-electron chi connectivity index (χ1n) is 8.57. The Bertz CT molecular complexity index is 264. The van der Waals surface area contributed by atoms with E-state index in [4.69, 9.17) is 5.73 Å². The van der Waals surface area contributed by atoms with Gasteiger partial charge in [0.15, 0.2) is 0 Å². The summed E-state index contributed by atoms with van der Waals surface area (Å²) in [5.41, 5.74) is 6.03. The van der Waals surface area contributed by atoms with Crippen LogP contribution in [0.3, 0.4) is 0 Å². The van der Waals surface area contributed by atoms with Gasteiger partial charge >= 0.3 is 0 Å². The van der Waals surface area contributed by atoms with Crippen LogP contribution in [0.15, 0.2) is 0 Å². The highest BCUT2D eigenvalue weighted by Crippen LogP contribution is 2.37. The maximum Gasteiger partial charge on any atom is 0.0136 e. The topological polar surface area (TPSA) is 29.3 Å². The van der Waals surface area contributed by atoms with E-state index in [0.29, 0.717) is 0 Å². The lowest BCUT2D eigenvalue weighted by Crippen LogP contribution is -2.51. The molecule has 0 radical (unpaired) electrons. The Kier molecular flexibility index (Phi) is 5.70. The molecule has 2 rings (SSSR count). The highest BCUT2D eigenvalue weighted by Gasteiger charge is 2.36. The maximum atomic E-state index is 6.03. The van der Waals surface area contributed by atoms with Gasteiger partial charge in [0, 0.05) is 12.1 Å². The Morgan fingerprint density at radius 2 is 1.53 bits per heavy atom. The molecular weight excluding hydrogens is 232 g/mol. The lowest BCUT2D eigenvalue weighted by Gasteiger charge is -2.47. The Balaban J connectivity index is 2.04. The molecule has 4 atom stereocenters. The van der Waals surface area contributed by atoms with E-state index in [1.54, 1.807) is 0 Å². The van der Waals surface area contributed by atoms with Crippen LogP contribution in [0.2, 0.25) is 0 Å². The average molecular weight is 266 g/mol. The zero-order chi connectivity index (χ0) is 13.8. The number of rotatable bonds is 4. The van der Waals surface area contributed by atoms with Gasteiger partial charge < -0.3 is 5.73 Å². The predicted molar refractivity (Wildman–Crippen MR) is 83.1 cm³/mol. The first-order valence-corrected chi connectivity index (χ1v) is 8.57. The van der Waals surface area contributed by atoms with E-state index in [1.807, 2.05) is 0 Å². The fourth-order valence-electron chi connectivity index (χ4n) is 4.67. The summed E-state index contributed by atoms with van der Waals surface area (Å²) in [6.07, 6.45) is 11.2. The second kappa shape index (κ2) is 7.08. The molecule has 2 aliphatic carbocycles. The Hall–Kier alpha value is -0.0800. The van der Waals surface area contributed by atoms with Crippen LogP contribution >= 0.6 is 0 Å². The molecule has 2 fully saturated rings. The van der Waals surface area contributed by atoms with Gasteiger partial charge in [-0.1, -0.05) is 39.5 Å². The third kappa shape index (κ3) is 3.52. The van der Waals surface area contributed by atoms with Gasteiger partial charge in [-0.25, -0.2) is 0 Å². The SMILES string of the molecule is CC(C)C1CCCCC1N(C)C1CCCCC1CN.